The van der Waals surface area contributed by atoms with Crippen molar-refractivity contribution >= 4 is 11.0 Å². The molecule has 0 saturated carbocycles. The van der Waals surface area contributed by atoms with Crippen LogP contribution in [0, 0.1) is 0 Å². The average molecular weight is 246 g/mol. The van der Waals surface area contributed by atoms with Crippen molar-refractivity contribution in [1.29, 1.82) is 0 Å². The van der Waals surface area contributed by atoms with Crippen LogP contribution >= 0.6 is 0 Å². The monoisotopic (exact) mass is 246 g/mol. The summed E-state index contributed by atoms with van der Waals surface area (Å²) in [5.41, 5.74) is 3.40. The lowest BCUT2D eigenvalue weighted by molar-refractivity contribution is 0.474. The lowest BCUT2D eigenvalue weighted by Gasteiger charge is -2.16. The van der Waals surface area contributed by atoms with Crippen LogP contribution in [0.1, 0.15) is 26.3 Å². The minimum atomic E-state index is 0.463. The third-order valence-electron chi connectivity index (χ3n) is 2.97. The molecule has 1 unspecified atom stereocenters. The van der Waals surface area contributed by atoms with Crippen molar-refractivity contribution in [3.63, 3.8) is 0 Å². The molecule has 0 radical (unpaired) electrons. The number of hydrogen-bond acceptors (Lipinski definition) is 3. The third kappa shape index (κ3) is 3.55. The Kier molecular flexibility index (Phi) is 4.33. The molecule has 4 nitrogen and oxygen atoms in total. The van der Waals surface area contributed by atoms with Gasteiger partial charge in [-0.1, -0.05) is 19.9 Å². The highest BCUT2D eigenvalue weighted by Gasteiger charge is 2.03. The summed E-state index contributed by atoms with van der Waals surface area (Å²) in [6.45, 7) is 8.40. The molecule has 0 fully saturated rings. The van der Waals surface area contributed by atoms with Crippen molar-refractivity contribution in [1.82, 2.24) is 20.6 Å². The molecule has 0 saturated heterocycles. The Labute approximate surface area is 108 Å². The molecule has 0 amide bonds. The van der Waals surface area contributed by atoms with E-state index in [1.807, 2.05) is 0 Å². The first-order chi connectivity index (χ1) is 8.65. The van der Waals surface area contributed by atoms with Crippen molar-refractivity contribution in [2.75, 3.05) is 6.54 Å². The molecule has 3 N–H and O–H groups in total. The van der Waals surface area contributed by atoms with E-state index in [0.717, 1.165) is 24.1 Å². The summed E-state index contributed by atoms with van der Waals surface area (Å²) in [5, 5.41) is 6.94. The predicted molar refractivity (Wildman–Crippen MR) is 75.5 cm³/mol. The SMILES string of the molecule is CC(C)NCC(C)NCc1ccc2nc[nH]c2c1. The fraction of sp³-hybridized carbons (Fsp3) is 0.500. The van der Waals surface area contributed by atoms with E-state index in [2.05, 4.69) is 59.6 Å². The molecule has 1 aromatic carbocycles. The van der Waals surface area contributed by atoms with E-state index in [1.165, 1.54) is 5.56 Å². The second-order valence-corrected chi connectivity index (χ2v) is 5.10. The molecule has 0 spiro atoms. The average Bonchev–Trinajstić information content (AvgIpc) is 2.81. The van der Waals surface area contributed by atoms with Crippen molar-refractivity contribution in [3.8, 4) is 0 Å². The normalized spacial score (nSPS) is 13.3. The molecule has 0 aliphatic rings. The summed E-state index contributed by atoms with van der Waals surface area (Å²) in [4.78, 5) is 7.35. The number of rotatable bonds is 6. The first-order valence-corrected chi connectivity index (χ1v) is 6.54. The molecular weight excluding hydrogens is 224 g/mol. The lowest BCUT2D eigenvalue weighted by Crippen LogP contribution is -2.38. The molecule has 1 atom stereocenters. The first kappa shape index (κ1) is 13.1. The summed E-state index contributed by atoms with van der Waals surface area (Å²) in [5.74, 6) is 0. The molecule has 0 bridgehead atoms. The van der Waals surface area contributed by atoms with Gasteiger partial charge in [0.25, 0.3) is 0 Å². The van der Waals surface area contributed by atoms with E-state index in [9.17, 15) is 0 Å². The highest BCUT2D eigenvalue weighted by atomic mass is 15.0. The van der Waals surface area contributed by atoms with Crippen molar-refractivity contribution in [3.05, 3.63) is 30.1 Å². The second kappa shape index (κ2) is 5.98. The molecule has 4 heteroatoms. The van der Waals surface area contributed by atoms with Gasteiger partial charge in [-0.05, 0) is 24.6 Å². The maximum atomic E-state index is 4.22. The number of aromatic amines is 1. The van der Waals surface area contributed by atoms with Crippen LogP contribution in [0.4, 0.5) is 0 Å². The summed E-state index contributed by atoms with van der Waals surface area (Å²) in [6.07, 6.45) is 1.73. The number of H-pyrrole nitrogens is 1. The minimum Gasteiger partial charge on any atom is -0.345 e. The summed E-state index contributed by atoms with van der Waals surface area (Å²) in [6, 6.07) is 7.33. The van der Waals surface area contributed by atoms with Crippen LogP contribution in [0.3, 0.4) is 0 Å². The predicted octanol–water partition coefficient (Wildman–Crippen LogP) is 2.04. The zero-order valence-corrected chi connectivity index (χ0v) is 11.3. The van der Waals surface area contributed by atoms with Gasteiger partial charge in [0.15, 0.2) is 0 Å². The smallest absolute Gasteiger partial charge is 0.0931 e. The first-order valence-electron chi connectivity index (χ1n) is 6.54. The van der Waals surface area contributed by atoms with Gasteiger partial charge < -0.3 is 15.6 Å². The van der Waals surface area contributed by atoms with Crippen LogP contribution in [0.5, 0.6) is 0 Å². The molecule has 0 aliphatic heterocycles. The Balaban J connectivity index is 1.85. The number of nitrogens with one attached hydrogen (secondary N) is 3. The molecule has 2 rings (SSSR count). The Morgan fingerprint density at radius 3 is 2.83 bits per heavy atom. The zero-order valence-electron chi connectivity index (χ0n) is 11.3. The van der Waals surface area contributed by atoms with Crippen LogP contribution < -0.4 is 10.6 Å². The highest BCUT2D eigenvalue weighted by Crippen LogP contribution is 2.11. The van der Waals surface area contributed by atoms with E-state index in [0.29, 0.717) is 12.1 Å². The molecule has 0 aliphatic carbocycles. The number of benzene rings is 1. The van der Waals surface area contributed by atoms with Crippen LogP contribution in [0.25, 0.3) is 11.0 Å². The maximum absolute atomic E-state index is 4.22. The van der Waals surface area contributed by atoms with Gasteiger partial charge in [0.2, 0.25) is 0 Å². The van der Waals surface area contributed by atoms with Crippen LogP contribution in [0.2, 0.25) is 0 Å². The van der Waals surface area contributed by atoms with Gasteiger partial charge in [-0.3, -0.25) is 0 Å². The van der Waals surface area contributed by atoms with Gasteiger partial charge in [0.1, 0.15) is 0 Å². The molecule has 18 heavy (non-hydrogen) atoms. The fourth-order valence-electron chi connectivity index (χ4n) is 1.87. The van der Waals surface area contributed by atoms with E-state index in [1.54, 1.807) is 6.33 Å². The Morgan fingerprint density at radius 1 is 1.22 bits per heavy atom. The lowest BCUT2D eigenvalue weighted by atomic mass is 10.2. The van der Waals surface area contributed by atoms with Crippen molar-refractivity contribution < 1.29 is 0 Å². The molecule has 1 aromatic heterocycles. The zero-order chi connectivity index (χ0) is 13.0. The molecular formula is C14H22N4. The highest BCUT2D eigenvalue weighted by molar-refractivity contribution is 5.74. The van der Waals surface area contributed by atoms with Crippen molar-refractivity contribution in [2.24, 2.45) is 0 Å². The summed E-state index contributed by atoms with van der Waals surface area (Å²) >= 11 is 0. The van der Waals surface area contributed by atoms with Crippen LogP contribution in [0.15, 0.2) is 24.5 Å². The Bertz CT molecular complexity index is 489. The van der Waals surface area contributed by atoms with E-state index >= 15 is 0 Å². The Hall–Kier alpha value is -1.39. The standard InChI is InChI=1S/C14H22N4/c1-10(2)15-7-11(3)16-8-12-4-5-13-14(6-12)18-9-17-13/h4-6,9-11,15-16H,7-8H2,1-3H3,(H,17,18). The van der Waals surface area contributed by atoms with Crippen molar-refractivity contribution in [2.45, 2.75) is 39.4 Å². The fourth-order valence-corrected chi connectivity index (χ4v) is 1.87. The van der Waals surface area contributed by atoms with Gasteiger partial charge in [-0.2, -0.15) is 0 Å². The number of nitrogens with zero attached hydrogens (tertiary/aromatic N) is 1. The Morgan fingerprint density at radius 2 is 2.06 bits per heavy atom. The van der Waals surface area contributed by atoms with E-state index in [-0.39, 0.29) is 0 Å². The quantitative estimate of drug-likeness (QED) is 0.731. The molecule has 1 heterocycles. The third-order valence-corrected chi connectivity index (χ3v) is 2.97. The minimum absolute atomic E-state index is 0.463. The second-order valence-electron chi connectivity index (χ2n) is 5.10. The van der Waals surface area contributed by atoms with Gasteiger partial charge in [-0.25, -0.2) is 4.98 Å². The number of imidazole rings is 1. The van der Waals surface area contributed by atoms with Crippen LogP contribution in [-0.4, -0.2) is 28.6 Å². The number of fused-ring (bicyclic) bond motifs is 1. The summed E-state index contributed by atoms with van der Waals surface area (Å²) < 4.78 is 0. The van der Waals surface area contributed by atoms with Gasteiger partial charge in [0, 0.05) is 25.2 Å². The number of hydrogen-bond donors (Lipinski definition) is 3. The van der Waals surface area contributed by atoms with E-state index in [4.69, 9.17) is 0 Å². The van der Waals surface area contributed by atoms with Gasteiger partial charge in [0.05, 0.1) is 17.4 Å². The van der Waals surface area contributed by atoms with Gasteiger partial charge in [-0.15, -0.1) is 0 Å². The van der Waals surface area contributed by atoms with Crippen LogP contribution in [-0.2, 0) is 6.54 Å². The largest absolute Gasteiger partial charge is 0.345 e. The summed E-state index contributed by atoms with van der Waals surface area (Å²) in [7, 11) is 0. The molecule has 98 valence electrons. The number of aromatic nitrogens is 2. The van der Waals surface area contributed by atoms with Gasteiger partial charge >= 0.3 is 0 Å². The topological polar surface area (TPSA) is 52.7 Å². The maximum Gasteiger partial charge on any atom is 0.0931 e. The molecule has 2 aromatic rings. The van der Waals surface area contributed by atoms with E-state index < -0.39 is 0 Å².